The van der Waals surface area contributed by atoms with Gasteiger partial charge in [-0.3, -0.25) is 0 Å². The average molecular weight is 313 g/mol. The normalized spacial score (nSPS) is 13.3. The van der Waals surface area contributed by atoms with Gasteiger partial charge in [0.25, 0.3) is 0 Å². The summed E-state index contributed by atoms with van der Waals surface area (Å²) in [7, 11) is 0. The molecule has 4 rings (SSSR count). The van der Waals surface area contributed by atoms with E-state index in [1.807, 2.05) is 22.9 Å². The molecule has 0 spiro atoms. The lowest BCUT2D eigenvalue weighted by molar-refractivity contribution is 0.686. The molecular formula is C21H19N3. The van der Waals surface area contributed by atoms with E-state index in [0.717, 1.165) is 23.4 Å². The van der Waals surface area contributed by atoms with Gasteiger partial charge in [-0.15, -0.1) is 0 Å². The Bertz CT molecular complexity index is 927. The van der Waals surface area contributed by atoms with Gasteiger partial charge in [-0.2, -0.15) is 10.4 Å². The van der Waals surface area contributed by atoms with Crippen LogP contribution in [0.4, 0.5) is 0 Å². The van der Waals surface area contributed by atoms with E-state index in [9.17, 15) is 5.26 Å². The maximum atomic E-state index is 9.28. The molecule has 0 fully saturated rings. The highest BCUT2D eigenvalue weighted by Gasteiger charge is 2.15. The van der Waals surface area contributed by atoms with E-state index in [2.05, 4.69) is 48.4 Å². The number of fused-ring (bicyclic) bond motifs is 1. The number of aromatic nitrogens is 2. The molecule has 0 saturated heterocycles. The standard InChI is InChI=1S/C21H19N3/c1-15-6-10-20(11-7-15)24-21(13-19(14-22)23-24)18-9-8-16-4-2-3-5-17(16)12-18/h6-13H,2-5H2,1H3. The van der Waals surface area contributed by atoms with Crippen LogP contribution in [0.25, 0.3) is 16.9 Å². The Labute approximate surface area is 142 Å². The second-order valence-electron chi connectivity index (χ2n) is 6.46. The molecule has 24 heavy (non-hydrogen) atoms. The molecule has 0 unspecified atom stereocenters. The van der Waals surface area contributed by atoms with E-state index < -0.39 is 0 Å². The van der Waals surface area contributed by atoms with Crippen LogP contribution in [-0.2, 0) is 12.8 Å². The van der Waals surface area contributed by atoms with Crippen LogP contribution in [0.1, 0.15) is 35.2 Å². The van der Waals surface area contributed by atoms with Crippen molar-refractivity contribution in [3.05, 3.63) is 70.9 Å². The van der Waals surface area contributed by atoms with Crippen molar-refractivity contribution >= 4 is 0 Å². The fourth-order valence-electron chi connectivity index (χ4n) is 3.42. The molecule has 1 aliphatic carbocycles. The Morgan fingerprint density at radius 1 is 0.958 bits per heavy atom. The van der Waals surface area contributed by atoms with Crippen molar-refractivity contribution in [2.75, 3.05) is 0 Å². The summed E-state index contributed by atoms with van der Waals surface area (Å²) in [5.74, 6) is 0. The highest BCUT2D eigenvalue weighted by atomic mass is 15.3. The van der Waals surface area contributed by atoms with Crippen molar-refractivity contribution < 1.29 is 0 Å². The molecule has 1 aromatic heterocycles. The zero-order valence-corrected chi connectivity index (χ0v) is 13.8. The minimum atomic E-state index is 0.447. The van der Waals surface area contributed by atoms with Gasteiger partial charge in [-0.25, -0.2) is 4.68 Å². The average Bonchev–Trinajstić information content (AvgIpc) is 3.06. The Morgan fingerprint density at radius 2 is 1.71 bits per heavy atom. The molecule has 0 saturated carbocycles. The molecule has 1 aliphatic rings. The first-order valence-electron chi connectivity index (χ1n) is 8.44. The number of nitrogens with zero attached hydrogens (tertiary/aromatic N) is 3. The van der Waals surface area contributed by atoms with Crippen LogP contribution in [0.3, 0.4) is 0 Å². The van der Waals surface area contributed by atoms with Crippen LogP contribution in [0, 0.1) is 18.3 Å². The van der Waals surface area contributed by atoms with Gasteiger partial charge in [0, 0.05) is 11.6 Å². The van der Waals surface area contributed by atoms with Crippen LogP contribution >= 0.6 is 0 Å². The quantitative estimate of drug-likeness (QED) is 0.694. The Hall–Kier alpha value is -2.86. The third kappa shape index (κ3) is 2.61. The van der Waals surface area contributed by atoms with E-state index in [-0.39, 0.29) is 0 Å². The van der Waals surface area contributed by atoms with Gasteiger partial charge >= 0.3 is 0 Å². The van der Waals surface area contributed by atoms with Gasteiger partial charge in [0.15, 0.2) is 5.69 Å². The van der Waals surface area contributed by atoms with Gasteiger partial charge < -0.3 is 0 Å². The van der Waals surface area contributed by atoms with Crippen LogP contribution in [0.2, 0.25) is 0 Å². The topological polar surface area (TPSA) is 41.6 Å². The number of nitriles is 1. The maximum Gasteiger partial charge on any atom is 0.163 e. The predicted octanol–water partition coefficient (Wildman–Crippen LogP) is 4.60. The van der Waals surface area contributed by atoms with E-state index in [1.165, 1.54) is 36.0 Å². The third-order valence-corrected chi connectivity index (χ3v) is 4.75. The first-order valence-corrected chi connectivity index (χ1v) is 8.44. The Morgan fingerprint density at radius 3 is 2.46 bits per heavy atom. The lowest BCUT2D eigenvalue weighted by Gasteiger charge is -2.17. The lowest BCUT2D eigenvalue weighted by Crippen LogP contribution is -2.04. The van der Waals surface area contributed by atoms with Crippen molar-refractivity contribution in [3.63, 3.8) is 0 Å². The monoisotopic (exact) mass is 313 g/mol. The van der Waals surface area contributed by atoms with Crippen molar-refractivity contribution in [1.82, 2.24) is 9.78 Å². The van der Waals surface area contributed by atoms with Crippen LogP contribution in [0.15, 0.2) is 48.5 Å². The van der Waals surface area contributed by atoms with Crippen LogP contribution in [-0.4, -0.2) is 9.78 Å². The molecule has 0 bridgehead atoms. The largest absolute Gasteiger partial charge is 0.232 e. The van der Waals surface area contributed by atoms with Crippen LogP contribution in [0.5, 0.6) is 0 Å². The molecule has 0 atom stereocenters. The molecule has 0 amide bonds. The van der Waals surface area contributed by atoms with E-state index in [1.54, 1.807) is 0 Å². The molecule has 0 aliphatic heterocycles. The molecule has 1 heterocycles. The second kappa shape index (κ2) is 5.98. The van der Waals surface area contributed by atoms with Gasteiger partial charge in [0.2, 0.25) is 0 Å². The molecule has 118 valence electrons. The summed E-state index contributed by atoms with van der Waals surface area (Å²) in [4.78, 5) is 0. The summed E-state index contributed by atoms with van der Waals surface area (Å²) in [6, 6.07) is 19.0. The summed E-state index contributed by atoms with van der Waals surface area (Å²) in [6.45, 7) is 2.07. The molecular weight excluding hydrogens is 294 g/mol. The number of hydrogen-bond acceptors (Lipinski definition) is 2. The number of hydrogen-bond donors (Lipinski definition) is 0. The second-order valence-corrected chi connectivity index (χ2v) is 6.46. The Kier molecular flexibility index (Phi) is 3.66. The lowest BCUT2D eigenvalue weighted by atomic mass is 9.90. The first-order chi connectivity index (χ1) is 11.7. The van der Waals surface area contributed by atoms with Gasteiger partial charge in [0.1, 0.15) is 6.07 Å². The highest BCUT2D eigenvalue weighted by Crippen LogP contribution is 2.29. The predicted molar refractivity (Wildman–Crippen MR) is 95.1 cm³/mol. The fourth-order valence-corrected chi connectivity index (χ4v) is 3.42. The van der Waals surface area contributed by atoms with Crippen molar-refractivity contribution in [2.45, 2.75) is 32.6 Å². The number of aryl methyl sites for hydroxylation is 3. The van der Waals surface area contributed by atoms with Crippen molar-refractivity contribution in [3.8, 4) is 23.0 Å². The van der Waals surface area contributed by atoms with Crippen molar-refractivity contribution in [2.24, 2.45) is 0 Å². The van der Waals surface area contributed by atoms with E-state index in [0.29, 0.717) is 5.69 Å². The summed E-state index contributed by atoms with van der Waals surface area (Å²) in [5, 5.41) is 13.8. The molecule has 0 N–H and O–H groups in total. The zero-order chi connectivity index (χ0) is 16.5. The molecule has 2 aromatic carbocycles. The number of rotatable bonds is 2. The highest BCUT2D eigenvalue weighted by molar-refractivity contribution is 5.65. The number of benzene rings is 2. The molecule has 3 aromatic rings. The Balaban J connectivity index is 1.84. The first kappa shape index (κ1) is 14.7. The zero-order valence-electron chi connectivity index (χ0n) is 13.8. The smallest absolute Gasteiger partial charge is 0.163 e. The summed E-state index contributed by atoms with van der Waals surface area (Å²) in [6.07, 6.45) is 4.87. The summed E-state index contributed by atoms with van der Waals surface area (Å²) in [5.41, 5.74) is 7.65. The maximum absolute atomic E-state index is 9.28. The van der Waals surface area contributed by atoms with Gasteiger partial charge in [-0.1, -0.05) is 29.8 Å². The van der Waals surface area contributed by atoms with Crippen molar-refractivity contribution in [1.29, 1.82) is 5.26 Å². The molecule has 3 nitrogen and oxygen atoms in total. The summed E-state index contributed by atoms with van der Waals surface area (Å²) >= 11 is 0. The minimum absolute atomic E-state index is 0.447. The SMILES string of the molecule is Cc1ccc(-n2nc(C#N)cc2-c2ccc3c(c2)CCCC3)cc1. The minimum Gasteiger partial charge on any atom is -0.232 e. The van der Waals surface area contributed by atoms with Gasteiger partial charge in [-0.05, 0) is 61.9 Å². The summed E-state index contributed by atoms with van der Waals surface area (Å²) < 4.78 is 1.88. The molecule has 3 heteroatoms. The van der Waals surface area contributed by atoms with Crippen LogP contribution < -0.4 is 0 Å². The van der Waals surface area contributed by atoms with E-state index >= 15 is 0 Å². The van der Waals surface area contributed by atoms with E-state index in [4.69, 9.17) is 0 Å². The molecule has 0 radical (unpaired) electrons. The van der Waals surface area contributed by atoms with Gasteiger partial charge in [0.05, 0.1) is 11.4 Å². The fraction of sp³-hybridized carbons (Fsp3) is 0.238. The third-order valence-electron chi connectivity index (χ3n) is 4.75.